The molecule has 0 bridgehead atoms. The maximum absolute atomic E-state index is 16.8. The van der Waals surface area contributed by atoms with Gasteiger partial charge >= 0.3 is 6.36 Å². The molecule has 4 aliphatic carbocycles. The first-order valence-electron chi connectivity index (χ1n) is 14.0. The van der Waals surface area contributed by atoms with Crippen LogP contribution in [0.1, 0.15) is 79.1 Å². The molecule has 37 heavy (non-hydrogen) atoms. The Morgan fingerprint density at radius 3 is 2.41 bits per heavy atom. The first-order valence-corrected chi connectivity index (χ1v) is 14.0. The van der Waals surface area contributed by atoms with Crippen LogP contribution in [0.3, 0.4) is 0 Å². The summed E-state index contributed by atoms with van der Waals surface area (Å²) in [5.41, 5.74) is -4.79. The number of carbonyl (C=O) groups is 2. The van der Waals surface area contributed by atoms with Gasteiger partial charge in [0.15, 0.2) is 17.7 Å². The third kappa shape index (κ3) is 3.25. The van der Waals surface area contributed by atoms with Crippen LogP contribution in [-0.4, -0.2) is 48.2 Å². The summed E-state index contributed by atoms with van der Waals surface area (Å²) >= 11 is 0. The van der Waals surface area contributed by atoms with Gasteiger partial charge in [-0.1, -0.05) is 27.7 Å². The Morgan fingerprint density at radius 1 is 1.03 bits per heavy atom. The summed E-state index contributed by atoms with van der Waals surface area (Å²) in [4.78, 5) is 26.5. The predicted molar refractivity (Wildman–Crippen MR) is 124 cm³/mol. The average Bonchev–Trinajstić information content (AvgIpc) is 3.26. The number of hydrogen-bond donors (Lipinski definition) is 0. The van der Waals surface area contributed by atoms with Gasteiger partial charge < -0.3 is 9.47 Å². The normalized spacial score (nSPS) is 55.6. The van der Waals surface area contributed by atoms with Crippen molar-refractivity contribution in [3.8, 4) is 0 Å². The zero-order chi connectivity index (χ0) is 26.8. The minimum absolute atomic E-state index is 0.0183. The van der Waals surface area contributed by atoms with E-state index in [9.17, 15) is 22.8 Å². The third-order valence-corrected chi connectivity index (χ3v) is 12.0. The highest BCUT2D eigenvalue weighted by atomic mass is 19.4. The number of Topliss-reactive ketones (excluding diaryl/α,β-unsaturated/α-hetero) is 2. The van der Waals surface area contributed by atoms with E-state index in [-0.39, 0.29) is 43.0 Å². The number of ether oxygens (including phenoxy) is 3. The van der Waals surface area contributed by atoms with Crippen LogP contribution in [0.25, 0.3) is 0 Å². The van der Waals surface area contributed by atoms with E-state index in [1.807, 2.05) is 6.92 Å². The van der Waals surface area contributed by atoms with E-state index in [1.54, 1.807) is 13.8 Å². The van der Waals surface area contributed by atoms with Crippen LogP contribution in [0.5, 0.6) is 0 Å². The van der Waals surface area contributed by atoms with Gasteiger partial charge in [0.05, 0.1) is 12.7 Å². The molecule has 0 aromatic rings. The molecule has 0 aromatic heterocycles. The molecule has 0 N–H and O–H groups in total. The van der Waals surface area contributed by atoms with E-state index in [2.05, 4.69) is 6.92 Å². The monoisotopic (exact) mass is 530 g/mol. The van der Waals surface area contributed by atoms with E-state index in [4.69, 9.17) is 14.2 Å². The van der Waals surface area contributed by atoms with Gasteiger partial charge in [0, 0.05) is 41.9 Å². The first kappa shape index (κ1) is 26.2. The summed E-state index contributed by atoms with van der Waals surface area (Å²) < 4.78 is 76.9. The number of halogens is 4. The molecule has 4 saturated carbocycles. The number of ketones is 2. The maximum Gasteiger partial charge on any atom is 0.523 e. The Labute approximate surface area is 215 Å². The smallest absolute Gasteiger partial charge is 0.349 e. The van der Waals surface area contributed by atoms with Crippen LogP contribution in [0, 0.1) is 46.3 Å². The van der Waals surface area contributed by atoms with Crippen molar-refractivity contribution in [3.63, 3.8) is 0 Å². The minimum atomic E-state index is -5.11. The van der Waals surface area contributed by atoms with Crippen molar-refractivity contribution in [1.29, 1.82) is 0 Å². The molecule has 1 spiro atoms. The van der Waals surface area contributed by atoms with Crippen LogP contribution in [0.4, 0.5) is 17.6 Å². The molecule has 208 valence electrons. The van der Waals surface area contributed by atoms with Gasteiger partial charge in [-0.3, -0.25) is 14.3 Å². The van der Waals surface area contributed by atoms with Gasteiger partial charge in [-0.2, -0.15) is 0 Å². The third-order valence-electron chi connectivity index (χ3n) is 12.0. The Hall–Kier alpha value is -1.06. The van der Waals surface area contributed by atoms with Crippen molar-refractivity contribution in [2.45, 2.75) is 109 Å². The topological polar surface area (TPSA) is 61.8 Å². The number of hydrogen-bond acceptors (Lipinski definition) is 5. The molecular formula is C28H38F4O5. The summed E-state index contributed by atoms with van der Waals surface area (Å²) in [6, 6.07) is 0. The van der Waals surface area contributed by atoms with E-state index in [0.717, 1.165) is 6.42 Å². The van der Waals surface area contributed by atoms with Crippen LogP contribution < -0.4 is 0 Å². The Morgan fingerprint density at radius 2 is 1.76 bits per heavy atom. The fourth-order valence-electron chi connectivity index (χ4n) is 10.2. The fraction of sp³-hybridized carbons (Fsp3) is 0.929. The van der Waals surface area contributed by atoms with Gasteiger partial charge in [-0.05, 0) is 55.8 Å². The van der Waals surface area contributed by atoms with Crippen LogP contribution in [0.2, 0.25) is 0 Å². The highest BCUT2D eigenvalue weighted by Gasteiger charge is 2.80. The molecule has 2 heterocycles. The van der Waals surface area contributed by atoms with E-state index < -0.39 is 58.3 Å². The molecule has 0 aromatic carbocycles. The summed E-state index contributed by atoms with van der Waals surface area (Å²) in [6.07, 6.45) is -4.82. The van der Waals surface area contributed by atoms with Gasteiger partial charge in [0.2, 0.25) is 0 Å². The van der Waals surface area contributed by atoms with Crippen molar-refractivity contribution < 1.29 is 41.4 Å². The second-order valence-corrected chi connectivity index (χ2v) is 13.5. The molecule has 2 aliphatic heterocycles. The molecule has 0 radical (unpaired) electrons. The van der Waals surface area contributed by atoms with E-state index in [1.165, 1.54) is 0 Å². The van der Waals surface area contributed by atoms with Gasteiger partial charge in [-0.15, -0.1) is 13.2 Å². The molecule has 6 rings (SSSR count). The van der Waals surface area contributed by atoms with E-state index >= 15 is 4.39 Å². The second kappa shape index (κ2) is 8.00. The molecule has 6 fully saturated rings. The molecule has 0 amide bonds. The molecular weight excluding hydrogens is 492 g/mol. The lowest BCUT2D eigenvalue weighted by Crippen LogP contribution is -2.75. The largest absolute Gasteiger partial charge is 0.523 e. The lowest BCUT2D eigenvalue weighted by atomic mass is 9.41. The molecule has 2 saturated heterocycles. The molecule has 6 aliphatic rings. The SMILES string of the molecule is C[C@@H]1CC[C@@]2(OC1)OC1CC3C4CCC5CC(=O)CC[C@]5(C)[C@@]4(OC(F)(F)F)[C@H](F)C(=O)[C@]3(C)C1[C@@H]2C. The van der Waals surface area contributed by atoms with Crippen LogP contribution in [-0.2, 0) is 23.8 Å². The van der Waals surface area contributed by atoms with Gasteiger partial charge in [-0.25, -0.2) is 4.39 Å². The lowest BCUT2D eigenvalue weighted by Gasteiger charge is -2.66. The standard InChI is InChI=1S/C28H38F4O5/c1-14-7-10-26(35-13-14)15(2)21-20(36-26)12-19-18-6-5-16-11-17(33)8-9-24(16,3)27(18,37-28(30,31)32)22(29)23(34)25(19,21)4/h14-16,18-22H,5-13H2,1-4H3/t14-,15+,16?,18?,19?,20?,21?,22-,24+,25+,26-,27+/m1/s1. The van der Waals surface area contributed by atoms with Crippen molar-refractivity contribution in [3.05, 3.63) is 0 Å². The summed E-state index contributed by atoms with van der Waals surface area (Å²) in [6.45, 7) is 8.05. The van der Waals surface area contributed by atoms with Gasteiger partial charge in [0.25, 0.3) is 0 Å². The Kier molecular flexibility index (Phi) is 5.66. The quantitative estimate of drug-likeness (QED) is 0.402. The number of fused-ring (bicyclic) bond motifs is 7. The molecule has 5 nitrogen and oxygen atoms in total. The number of carbonyl (C=O) groups excluding carboxylic acids is 2. The molecule has 12 atom stereocenters. The van der Waals surface area contributed by atoms with Crippen molar-refractivity contribution in [2.24, 2.45) is 46.3 Å². The summed E-state index contributed by atoms with van der Waals surface area (Å²) in [5, 5.41) is 0. The number of alkyl halides is 4. The Bertz CT molecular complexity index is 992. The van der Waals surface area contributed by atoms with Crippen LogP contribution in [0.15, 0.2) is 0 Å². The highest BCUT2D eigenvalue weighted by molar-refractivity contribution is 5.92. The van der Waals surface area contributed by atoms with Gasteiger partial charge in [0.1, 0.15) is 11.4 Å². The van der Waals surface area contributed by atoms with Crippen molar-refractivity contribution in [1.82, 2.24) is 0 Å². The Balaban J connectivity index is 1.43. The lowest BCUT2D eigenvalue weighted by molar-refractivity contribution is -0.419. The predicted octanol–water partition coefficient (Wildman–Crippen LogP) is 5.79. The minimum Gasteiger partial charge on any atom is -0.349 e. The van der Waals surface area contributed by atoms with Crippen LogP contribution >= 0.6 is 0 Å². The summed E-state index contributed by atoms with van der Waals surface area (Å²) in [7, 11) is 0. The maximum atomic E-state index is 16.8. The van der Waals surface area contributed by atoms with E-state index in [0.29, 0.717) is 38.2 Å². The van der Waals surface area contributed by atoms with Crippen molar-refractivity contribution in [2.75, 3.05) is 6.61 Å². The molecule has 9 heteroatoms. The zero-order valence-electron chi connectivity index (χ0n) is 22.0. The number of rotatable bonds is 1. The summed E-state index contributed by atoms with van der Waals surface area (Å²) in [5.74, 6) is -3.50. The molecule has 5 unspecified atom stereocenters. The zero-order valence-corrected chi connectivity index (χ0v) is 22.0. The first-order chi connectivity index (χ1) is 17.2. The average molecular weight is 531 g/mol. The second-order valence-electron chi connectivity index (χ2n) is 13.5. The fourth-order valence-corrected chi connectivity index (χ4v) is 10.2. The van der Waals surface area contributed by atoms with Crippen molar-refractivity contribution >= 4 is 11.6 Å². The highest BCUT2D eigenvalue weighted by Crippen LogP contribution is 2.73.